The maximum absolute atomic E-state index is 13.6. The van der Waals surface area contributed by atoms with Crippen molar-refractivity contribution in [3.05, 3.63) is 45.9 Å². The average Bonchev–Trinajstić information content (AvgIpc) is 2.84. The summed E-state index contributed by atoms with van der Waals surface area (Å²) in [6, 6.07) is 4.58. The first-order chi connectivity index (χ1) is 8.20. The molecule has 0 amide bonds. The van der Waals surface area contributed by atoms with Gasteiger partial charge < -0.3 is 0 Å². The molecule has 0 aliphatic heterocycles. The molecule has 1 atom stereocenters. The molecule has 0 saturated carbocycles. The van der Waals surface area contributed by atoms with Crippen LogP contribution in [0.5, 0.6) is 0 Å². The third-order valence-electron chi connectivity index (χ3n) is 2.37. The van der Waals surface area contributed by atoms with Crippen molar-refractivity contribution in [1.29, 1.82) is 0 Å². The maximum atomic E-state index is 13.6. The fourth-order valence-electron chi connectivity index (χ4n) is 1.49. The van der Waals surface area contributed by atoms with Gasteiger partial charge >= 0.3 is 0 Å². The lowest BCUT2D eigenvalue weighted by molar-refractivity contribution is 0.521. The third-order valence-corrected chi connectivity index (χ3v) is 3.35. The molecule has 7 heteroatoms. The quantitative estimate of drug-likeness (QED) is 0.670. The van der Waals surface area contributed by atoms with Crippen LogP contribution in [-0.2, 0) is 6.42 Å². The van der Waals surface area contributed by atoms with Gasteiger partial charge in [0.15, 0.2) is 0 Å². The van der Waals surface area contributed by atoms with Gasteiger partial charge in [0, 0.05) is 4.47 Å². The smallest absolute Gasteiger partial charge is 0.126 e. The lowest BCUT2D eigenvalue weighted by Crippen LogP contribution is -2.30. The van der Waals surface area contributed by atoms with Gasteiger partial charge in [-0.2, -0.15) is 8.75 Å². The molecule has 90 valence electrons. The Morgan fingerprint density at radius 2 is 2.35 bits per heavy atom. The first-order valence-electron chi connectivity index (χ1n) is 4.88. The summed E-state index contributed by atoms with van der Waals surface area (Å²) in [4.78, 5) is 0. The number of hydrogen-bond donors (Lipinski definition) is 2. The van der Waals surface area contributed by atoms with E-state index < -0.39 is 0 Å². The van der Waals surface area contributed by atoms with Gasteiger partial charge in [-0.25, -0.2) is 4.39 Å². The highest BCUT2D eigenvalue weighted by atomic mass is 79.9. The number of nitrogens with two attached hydrogens (primary N) is 1. The van der Waals surface area contributed by atoms with E-state index in [0.29, 0.717) is 12.0 Å². The summed E-state index contributed by atoms with van der Waals surface area (Å²) in [5.74, 6) is 5.20. The second kappa shape index (κ2) is 5.63. The minimum Gasteiger partial charge on any atom is -0.271 e. The van der Waals surface area contributed by atoms with Crippen molar-refractivity contribution >= 4 is 27.7 Å². The minimum absolute atomic E-state index is 0.238. The summed E-state index contributed by atoms with van der Waals surface area (Å²) >= 11 is 4.42. The summed E-state index contributed by atoms with van der Waals surface area (Å²) in [6.45, 7) is 0. The monoisotopic (exact) mass is 316 g/mol. The summed E-state index contributed by atoms with van der Waals surface area (Å²) < 4.78 is 22.4. The number of nitrogens with one attached hydrogen (secondary N) is 1. The SMILES string of the molecule is NNC(Cc1cc(Br)ccc1F)c1cnsn1. The van der Waals surface area contributed by atoms with Crippen molar-refractivity contribution in [3.8, 4) is 0 Å². The van der Waals surface area contributed by atoms with Crippen LogP contribution in [-0.4, -0.2) is 8.75 Å². The molecule has 0 bridgehead atoms. The van der Waals surface area contributed by atoms with E-state index in [9.17, 15) is 4.39 Å². The van der Waals surface area contributed by atoms with Crippen LogP contribution in [0.25, 0.3) is 0 Å². The Kier molecular flexibility index (Phi) is 4.16. The predicted octanol–water partition coefficient (Wildman–Crippen LogP) is 2.19. The molecular formula is C10H10BrFN4S. The Morgan fingerprint density at radius 1 is 1.53 bits per heavy atom. The maximum Gasteiger partial charge on any atom is 0.126 e. The van der Waals surface area contributed by atoms with Crippen LogP contribution in [0.2, 0.25) is 0 Å². The second-order valence-electron chi connectivity index (χ2n) is 3.49. The molecule has 0 aliphatic carbocycles. The van der Waals surface area contributed by atoms with Gasteiger partial charge in [-0.15, -0.1) is 0 Å². The molecule has 0 saturated heterocycles. The van der Waals surface area contributed by atoms with E-state index in [1.807, 2.05) is 0 Å². The van der Waals surface area contributed by atoms with Crippen molar-refractivity contribution in [2.24, 2.45) is 5.84 Å². The zero-order chi connectivity index (χ0) is 12.3. The van der Waals surface area contributed by atoms with E-state index in [2.05, 4.69) is 30.1 Å². The van der Waals surface area contributed by atoms with Crippen LogP contribution in [0, 0.1) is 5.82 Å². The fraction of sp³-hybridized carbons (Fsp3) is 0.200. The minimum atomic E-state index is -0.253. The van der Waals surface area contributed by atoms with Gasteiger partial charge in [0.05, 0.1) is 29.7 Å². The molecule has 2 rings (SSSR count). The number of benzene rings is 1. The molecule has 1 aromatic carbocycles. The average molecular weight is 317 g/mol. The number of nitrogens with zero attached hydrogens (tertiary/aromatic N) is 2. The molecule has 4 nitrogen and oxygen atoms in total. The lowest BCUT2D eigenvalue weighted by atomic mass is 10.0. The van der Waals surface area contributed by atoms with Gasteiger partial charge in [-0.1, -0.05) is 15.9 Å². The fourth-order valence-corrected chi connectivity index (χ4v) is 2.37. The van der Waals surface area contributed by atoms with Crippen molar-refractivity contribution in [1.82, 2.24) is 14.2 Å². The predicted molar refractivity (Wildman–Crippen MR) is 67.8 cm³/mol. The molecule has 1 heterocycles. The molecular weight excluding hydrogens is 307 g/mol. The molecule has 2 aromatic rings. The zero-order valence-corrected chi connectivity index (χ0v) is 11.1. The van der Waals surface area contributed by atoms with Crippen molar-refractivity contribution in [3.63, 3.8) is 0 Å². The molecule has 0 aliphatic rings. The summed E-state index contributed by atoms with van der Waals surface area (Å²) in [5, 5.41) is 0. The first kappa shape index (κ1) is 12.6. The van der Waals surface area contributed by atoms with E-state index in [4.69, 9.17) is 5.84 Å². The van der Waals surface area contributed by atoms with Gasteiger partial charge in [0.2, 0.25) is 0 Å². The lowest BCUT2D eigenvalue weighted by Gasteiger charge is -2.13. The molecule has 1 aromatic heterocycles. The number of hydrogen-bond acceptors (Lipinski definition) is 5. The Bertz CT molecular complexity index is 491. The normalized spacial score (nSPS) is 12.6. The standard InChI is InChI=1S/C10H10BrFN4S/c11-7-1-2-8(12)6(3-7)4-9(15-13)10-5-14-17-16-10/h1-3,5,9,15H,4,13H2. The van der Waals surface area contributed by atoms with Crippen LogP contribution in [0.1, 0.15) is 17.3 Å². The second-order valence-corrected chi connectivity index (χ2v) is 4.96. The largest absolute Gasteiger partial charge is 0.271 e. The summed E-state index contributed by atoms with van der Waals surface area (Å²) in [7, 11) is 0. The van der Waals surface area contributed by atoms with Gasteiger partial charge in [-0.05, 0) is 30.2 Å². The Balaban J connectivity index is 2.21. The Labute approximate surface area is 110 Å². The van der Waals surface area contributed by atoms with E-state index in [1.165, 1.54) is 6.07 Å². The van der Waals surface area contributed by atoms with Crippen LogP contribution in [0.15, 0.2) is 28.9 Å². The Morgan fingerprint density at radius 3 is 3.00 bits per heavy atom. The summed E-state index contributed by atoms with van der Waals surface area (Å²) in [6.07, 6.45) is 2.05. The number of halogens is 2. The van der Waals surface area contributed by atoms with Crippen LogP contribution < -0.4 is 11.3 Å². The van der Waals surface area contributed by atoms with E-state index >= 15 is 0 Å². The Hall–Kier alpha value is -0.890. The van der Waals surface area contributed by atoms with Crippen molar-refractivity contribution in [2.45, 2.75) is 12.5 Å². The van der Waals surface area contributed by atoms with Crippen molar-refractivity contribution < 1.29 is 4.39 Å². The number of aromatic nitrogens is 2. The zero-order valence-electron chi connectivity index (χ0n) is 8.73. The van der Waals surface area contributed by atoms with E-state index in [-0.39, 0.29) is 11.9 Å². The molecule has 0 fully saturated rings. The van der Waals surface area contributed by atoms with E-state index in [0.717, 1.165) is 21.9 Å². The van der Waals surface area contributed by atoms with Gasteiger partial charge in [-0.3, -0.25) is 11.3 Å². The highest BCUT2D eigenvalue weighted by Gasteiger charge is 2.15. The van der Waals surface area contributed by atoms with Gasteiger partial charge in [0.25, 0.3) is 0 Å². The molecule has 17 heavy (non-hydrogen) atoms. The number of hydrazine groups is 1. The van der Waals surface area contributed by atoms with E-state index in [1.54, 1.807) is 18.3 Å². The van der Waals surface area contributed by atoms with Crippen LogP contribution in [0.4, 0.5) is 4.39 Å². The molecule has 0 radical (unpaired) electrons. The molecule has 3 N–H and O–H groups in total. The molecule has 1 unspecified atom stereocenters. The summed E-state index contributed by atoms with van der Waals surface area (Å²) in [5.41, 5.74) is 3.92. The third kappa shape index (κ3) is 3.06. The topological polar surface area (TPSA) is 63.8 Å². The van der Waals surface area contributed by atoms with Crippen molar-refractivity contribution in [2.75, 3.05) is 0 Å². The van der Waals surface area contributed by atoms with Crippen LogP contribution in [0.3, 0.4) is 0 Å². The highest BCUT2D eigenvalue weighted by molar-refractivity contribution is 9.10. The van der Waals surface area contributed by atoms with Gasteiger partial charge in [0.1, 0.15) is 5.82 Å². The van der Waals surface area contributed by atoms with Crippen LogP contribution >= 0.6 is 27.7 Å². The first-order valence-corrected chi connectivity index (χ1v) is 6.40. The molecule has 0 spiro atoms. The number of rotatable bonds is 4. The highest BCUT2D eigenvalue weighted by Crippen LogP contribution is 2.21.